The van der Waals surface area contributed by atoms with Gasteiger partial charge in [-0.15, -0.1) is 0 Å². The van der Waals surface area contributed by atoms with Gasteiger partial charge < -0.3 is 4.74 Å². The first-order chi connectivity index (χ1) is 9.33. The van der Waals surface area contributed by atoms with Gasteiger partial charge >= 0.3 is 0 Å². The van der Waals surface area contributed by atoms with Crippen LogP contribution in [-0.2, 0) is 11.3 Å². The number of morpholine rings is 1. The minimum absolute atomic E-state index is 0.124. The lowest BCUT2D eigenvalue weighted by Gasteiger charge is -2.35. The molecule has 1 aromatic carbocycles. The highest BCUT2D eigenvalue weighted by atomic mass is 19.1. The molecule has 2 aromatic rings. The average Bonchev–Trinajstić information content (AvgIpc) is 2.93. The van der Waals surface area contributed by atoms with Crippen molar-refractivity contribution in [3.8, 4) is 0 Å². The number of benzene rings is 1. The molecule has 0 amide bonds. The SMILES string of the molecule is Fc1ccc(C2COCCN2Cc2ncn[nH]2)cc1. The fourth-order valence-corrected chi connectivity index (χ4v) is 2.32. The summed E-state index contributed by atoms with van der Waals surface area (Å²) in [6, 6.07) is 6.71. The molecule has 1 aromatic heterocycles. The van der Waals surface area contributed by atoms with E-state index in [-0.39, 0.29) is 11.9 Å². The van der Waals surface area contributed by atoms with E-state index in [1.54, 1.807) is 0 Å². The monoisotopic (exact) mass is 262 g/mol. The van der Waals surface area contributed by atoms with E-state index in [0.29, 0.717) is 19.8 Å². The second-order valence-corrected chi connectivity index (χ2v) is 4.54. The lowest BCUT2D eigenvalue weighted by Crippen LogP contribution is -2.39. The van der Waals surface area contributed by atoms with Crippen LogP contribution in [0.15, 0.2) is 30.6 Å². The molecule has 1 aliphatic heterocycles. The van der Waals surface area contributed by atoms with E-state index in [9.17, 15) is 4.39 Å². The van der Waals surface area contributed by atoms with Gasteiger partial charge in [-0.2, -0.15) is 5.10 Å². The molecule has 100 valence electrons. The van der Waals surface area contributed by atoms with Crippen molar-refractivity contribution in [2.75, 3.05) is 19.8 Å². The molecule has 0 radical (unpaired) electrons. The summed E-state index contributed by atoms with van der Waals surface area (Å²) in [5.74, 6) is 0.608. The van der Waals surface area contributed by atoms with Gasteiger partial charge in [0.25, 0.3) is 0 Å². The summed E-state index contributed by atoms with van der Waals surface area (Å²) in [5, 5.41) is 6.72. The van der Waals surface area contributed by atoms with E-state index >= 15 is 0 Å². The fraction of sp³-hybridized carbons (Fsp3) is 0.385. The third-order valence-corrected chi connectivity index (χ3v) is 3.31. The van der Waals surface area contributed by atoms with E-state index in [1.165, 1.54) is 18.5 Å². The second-order valence-electron chi connectivity index (χ2n) is 4.54. The molecule has 1 N–H and O–H groups in total. The molecule has 5 nitrogen and oxygen atoms in total. The second kappa shape index (κ2) is 5.46. The Kier molecular flexibility index (Phi) is 3.52. The Labute approximate surface area is 110 Å². The normalized spacial score (nSPS) is 20.6. The van der Waals surface area contributed by atoms with Gasteiger partial charge in [-0.25, -0.2) is 9.37 Å². The molecule has 3 rings (SSSR count). The number of halogens is 1. The smallest absolute Gasteiger partial charge is 0.138 e. The maximum atomic E-state index is 13.0. The highest BCUT2D eigenvalue weighted by molar-refractivity contribution is 5.20. The van der Waals surface area contributed by atoms with E-state index in [0.717, 1.165) is 17.9 Å². The number of hydrogen-bond donors (Lipinski definition) is 1. The molecule has 2 heterocycles. The average molecular weight is 262 g/mol. The molecular formula is C13H15FN4O. The number of ether oxygens (including phenoxy) is 1. The Morgan fingerprint density at radius 1 is 1.37 bits per heavy atom. The molecule has 19 heavy (non-hydrogen) atoms. The lowest BCUT2D eigenvalue weighted by molar-refractivity contribution is -0.0138. The number of hydrogen-bond acceptors (Lipinski definition) is 4. The number of nitrogens with zero attached hydrogens (tertiary/aromatic N) is 3. The molecule has 1 saturated heterocycles. The van der Waals surface area contributed by atoms with Crippen molar-refractivity contribution in [3.63, 3.8) is 0 Å². The van der Waals surface area contributed by atoms with Crippen molar-refractivity contribution < 1.29 is 9.13 Å². The fourth-order valence-electron chi connectivity index (χ4n) is 2.32. The maximum absolute atomic E-state index is 13.0. The van der Waals surface area contributed by atoms with Crippen molar-refractivity contribution in [2.24, 2.45) is 0 Å². The molecule has 0 spiro atoms. The van der Waals surface area contributed by atoms with Crippen LogP contribution in [0.1, 0.15) is 17.4 Å². The Morgan fingerprint density at radius 3 is 2.95 bits per heavy atom. The van der Waals surface area contributed by atoms with Gasteiger partial charge in [0.05, 0.1) is 25.8 Å². The Hall–Kier alpha value is -1.79. The van der Waals surface area contributed by atoms with Crippen LogP contribution < -0.4 is 0 Å². The molecule has 1 unspecified atom stereocenters. The van der Waals surface area contributed by atoms with Crippen molar-refractivity contribution in [1.29, 1.82) is 0 Å². The predicted molar refractivity (Wildman–Crippen MR) is 66.8 cm³/mol. The van der Waals surface area contributed by atoms with Gasteiger partial charge in [0.1, 0.15) is 18.0 Å². The summed E-state index contributed by atoms with van der Waals surface area (Å²) in [4.78, 5) is 6.40. The minimum atomic E-state index is -0.220. The molecular weight excluding hydrogens is 247 g/mol. The van der Waals surface area contributed by atoms with Crippen LogP contribution >= 0.6 is 0 Å². The largest absolute Gasteiger partial charge is 0.378 e. The van der Waals surface area contributed by atoms with Crippen LogP contribution in [0, 0.1) is 5.82 Å². The van der Waals surface area contributed by atoms with Crippen LogP contribution in [0.3, 0.4) is 0 Å². The van der Waals surface area contributed by atoms with Gasteiger partial charge in [-0.1, -0.05) is 12.1 Å². The number of H-pyrrole nitrogens is 1. The molecule has 1 fully saturated rings. The van der Waals surface area contributed by atoms with Crippen molar-refractivity contribution in [2.45, 2.75) is 12.6 Å². The third kappa shape index (κ3) is 2.80. The molecule has 0 saturated carbocycles. The van der Waals surface area contributed by atoms with Crippen LogP contribution in [0.2, 0.25) is 0 Å². The van der Waals surface area contributed by atoms with E-state index < -0.39 is 0 Å². The Balaban J connectivity index is 1.78. The molecule has 1 aliphatic rings. The topological polar surface area (TPSA) is 54.0 Å². The number of nitrogens with one attached hydrogen (secondary N) is 1. The van der Waals surface area contributed by atoms with Gasteiger partial charge in [0.15, 0.2) is 0 Å². The first-order valence-corrected chi connectivity index (χ1v) is 6.24. The predicted octanol–water partition coefficient (Wildman–Crippen LogP) is 1.52. The van der Waals surface area contributed by atoms with Crippen LogP contribution in [-0.4, -0.2) is 39.8 Å². The summed E-state index contributed by atoms with van der Waals surface area (Å²) in [6.45, 7) is 2.82. The zero-order valence-corrected chi connectivity index (χ0v) is 10.4. The van der Waals surface area contributed by atoms with Crippen LogP contribution in [0.4, 0.5) is 4.39 Å². The van der Waals surface area contributed by atoms with E-state index in [4.69, 9.17) is 4.74 Å². The van der Waals surface area contributed by atoms with Gasteiger partial charge in [-0.05, 0) is 17.7 Å². The summed E-state index contributed by atoms with van der Waals surface area (Å²) in [7, 11) is 0. The Bertz CT molecular complexity index is 514. The number of rotatable bonds is 3. The summed E-state index contributed by atoms with van der Waals surface area (Å²) in [6.07, 6.45) is 1.50. The first-order valence-electron chi connectivity index (χ1n) is 6.24. The molecule has 0 aliphatic carbocycles. The van der Waals surface area contributed by atoms with Crippen molar-refractivity contribution in [3.05, 3.63) is 47.8 Å². The number of aromatic amines is 1. The minimum Gasteiger partial charge on any atom is -0.378 e. The zero-order valence-electron chi connectivity index (χ0n) is 10.4. The highest BCUT2D eigenvalue weighted by Crippen LogP contribution is 2.25. The van der Waals surface area contributed by atoms with Gasteiger partial charge in [-0.3, -0.25) is 10.00 Å². The standard InChI is InChI=1S/C13H15FN4O/c14-11-3-1-10(2-4-11)12-8-19-6-5-18(12)7-13-15-9-16-17-13/h1-4,9,12H,5-8H2,(H,15,16,17). The van der Waals surface area contributed by atoms with E-state index in [1.807, 2.05) is 12.1 Å². The van der Waals surface area contributed by atoms with Crippen molar-refractivity contribution >= 4 is 0 Å². The van der Waals surface area contributed by atoms with Crippen LogP contribution in [0.25, 0.3) is 0 Å². The van der Waals surface area contributed by atoms with Crippen molar-refractivity contribution in [1.82, 2.24) is 20.1 Å². The maximum Gasteiger partial charge on any atom is 0.138 e. The zero-order chi connectivity index (χ0) is 13.1. The molecule has 1 atom stereocenters. The highest BCUT2D eigenvalue weighted by Gasteiger charge is 2.25. The summed E-state index contributed by atoms with van der Waals surface area (Å²) in [5.41, 5.74) is 1.06. The first kappa shape index (κ1) is 12.3. The Morgan fingerprint density at radius 2 is 2.21 bits per heavy atom. The molecule has 0 bridgehead atoms. The summed E-state index contributed by atoms with van der Waals surface area (Å²) >= 11 is 0. The lowest BCUT2D eigenvalue weighted by atomic mass is 10.0. The quantitative estimate of drug-likeness (QED) is 0.911. The molecule has 6 heteroatoms. The van der Waals surface area contributed by atoms with E-state index in [2.05, 4.69) is 20.1 Å². The van der Waals surface area contributed by atoms with Gasteiger partial charge in [0, 0.05) is 6.54 Å². The summed E-state index contributed by atoms with van der Waals surface area (Å²) < 4.78 is 18.5. The van der Waals surface area contributed by atoms with Gasteiger partial charge in [0.2, 0.25) is 0 Å². The van der Waals surface area contributed by atoms with Crippen LogP contribution in [0.5, 0.6) is 0 Å². The third-order valence-electron chi connectivity index (χ3n) is 3.31. The number of aromatic nitrogens is 3.